The fraction of sp³-hybridized carbons (Fsp3) is 0.929. The van der Waals surface area contributed by atoms with E-state index in [2.05, 4.69) is 0 Å². The van der Waals surface area contributed by atoms with Crippen molar-refractivity contribution < 1.29 is 24.6 Å². The van der Waals surface area contributed by atoms with Gasteiger partial charge in [0.15, 0.2) is 6.29 Å². The Morgan fingerprint density at radius 2 is 2.15 bits per heavy atom. The van der Waals surface area contributed by atoms with Gasteiger partial charge >= 0.3 is 5.97 Å². The number of aliphatic hydroxyl groups excluding tert-OH is 1. The molecule has 0 amide bonds. The smallest absolute Gasteiger partial charge is 0.307 e. The van der Waals surface area contributed by atoms with Crippen LogP contribution in [0.3, 0.4) is 0 Å². The Morgan fingerprint density at radius 1 is 1.35 bits per heavy atom. The zero-order chi connectivity index (χ0) is 14.4. The molecule has 2 atom stereocenters. The van der Waals surface area contributed by atoms with Gasteiger partial charge in [0.25, 0.3) is 0 Å². The third-order valence-corrected chi connectivity index (χ3v) is 3.96. The lowest BCUT2D eigenvalue weighted by Gasteiger charge is -2.29. The molecule has 1 aliphatic heterocycles. The van der Waals surface area contributed by atoms with E-state index >= 15 is 0 Å². The Hall–Kier alpha value is -0.690. The minimum absolute atomic E-state index is 0.207. The number of hydrogen-bond donors (Lipinski definition) is 2. The molecule has 0 bridgehead atoms. The third-order valence-electron chi connectivity index (χ3n) is 3.96. The normalized spacial score (nSPS) is 24.8. The third kappa shape index (κ3) is 5.36. The maximum Gasteiger partial charge on any atom is 0.307 e. The molecule has 20 heavy (non-hydrogen) atoms. The highest BCUT2D eigenvalue weighted by atomic mass is 16.8. The van der Waals surface area contributed by atoms with Crippen LogP contribution in [0.25, 0.3) is 0 Å². The van der Waals surface area contributed by atoms with Gasteiger partial charge in [-0.25, -0.2) is 0 Å². The average Bonchev–Trinajstić information content (AvgIpc) is 3.27. The maximum atomic E-state index is 11.3. The molecule has 1 unspecified atom stereocenters. The molecule has 1 aliphatic carbocycles. The minimum Gasteiger partial charge on any atom is -0.481 e. The lowest BCUT2D eigenvalue weighted by molar-refractivity contribution is -0.309. The van der Waals surface area contributed by atoms with E-state index in [1.807, 2.05) is 0 Å². The summed E-state index contributed by atoms with van der Waals surface area (Å²) in [6, 6.07) is 0. The number of aliphatic hydroxyl groups is 1. The second-order valence-electron chi connectivity index (χ2n) is 5.76. The Bertz CT molecular complexity index is 302. The zero-order valence-corrected chi connectivity index (χ0v) is 11.9. The van der Waals surface area contributed by atoms with Crippen molar-refractivity contribution in [3.63, 3.8) is 0 Å². The molecule has 116 valence electrons. The first-order valence-corrected chi connectivity index (χ1v) is 7.56. The molecule has 1 saturated carbocycles. The van der Waals surface area contributed by atoms with Crippen molar-refractivity contribution in [3.8, 4) is 0 Å². The standard InChI is InChI=1S/C14H25NO5/c16-10-15(20-13-3-1-2-8-19-13)9-12(14(17)18)7-6-11-4-5-11/h11-13,16H,1-10H2,(H,17,18)/t12-,13?/m1/s1. The van der Waals surface area contributed by atoms with Gasteiger partial charge in [0, 0.05) is 19.6 Å². The molecule has 6 heteroatoms. The van der Waals surface area contributed by atoms with Gasteiger partial charge in [0.05, 0.1) is 5.92 Å². The van der Waals surface area contributed by atoms with Crippen LogP contribution >= 0.6 is 0 Å². The Morgan fingerprint density at radius 3 is 2.70 bits per heavy atom. The molecular formula is C14H25NO5. The number of hydroxylamine groups is 2. The fourth-order valence-electron chi connectivity index (χ4n) is 2.48. The number of carboxylic acids is 1. The van der Waals surface area contributed by atoms with Crippen LogP contribution in [0.1, 0.15) is 44.9 Å². The molecule has 0 aromatic rings. The number of ether oxygens (including phenoxy) is 1. The van der Waals surface area contributed by atoms with Gasteiger partial charge in [0.2, 0.25) is 0 Å². The van der Waals surface area contributed by atoms with E-state index in [0.717, 1.165) is 25.7 Å². The monoisotopic (exact) mass is 287 g/mol. The van der Waals surface area contributed by atoms with Gasteiger partial charge in [0.1, 0.15) is 6.73 Å². The Balaban J connectivity index is 1.76. The molecule has 2 fully saturated rings. The van der Waals surface area contributed by atoms with Crippen LogP contribution in [0.15, 0.2) is 0 Å². The average molecular weight is 287 g/mol. The van der Waals surface area contributed by atoms with Gasteiger partial charge < -0.3 is 14.9 Å². The minimum atomic E-state index is -0.822. The summed E-state index contributed by atoms with van der Waals surface area (Å²) < 4.78 is 5.44. The molecule has 2 aliphatic rings. The van der Waals surface area contributed by atoms with Gasteiger partial charge in [-0.1, -0.05) is 12.8 Å². The number of hydrogen-bond acceptors (Lipinski definition) is 5. The second kappa shape index (κ2) is 7.93. The Kier molecular flexibility index (Phi) is 6.22. The van der Waals surface area contributed by atoms with Crippen molar-refractivity contribution in [1.29, 1.82) is 0 Å². The lowest BCUT2D eigenvalue weighted by atomic mass is 10.0. The van der Waals surface area contributed by atoms with Crippen LogP contribution in [0.5, 0.6) is 0 Å². The summed E-state index contributed by atoms with van der Waals surface area (Å²) in [6.07, 6.45) is 6.54. The predicted molar refractivity (Wildman–Crippen MR) is 71.6 cm³/mol. The highest BCUT2D eigenvalue weighted by Crippen LogP contribution is 2.34. The number of carboxylic acid groups (broad SMARTS) is 1. The first-order valence-electron chi connectivity index (χ1n) is 7.56. The first kappa shape index (κ1) is 15.7. The van der Waals surface area contributed by atoms with Crippen LogP contribution in [-0.4, -0.2) is 47.4 Å². The predicted octanol–water partition coefficient (Wildman–Crippen LogP) is 1.59. The molecule has 6 nitrogen and oxygen atoms in total. The lowest BCUT2D eigenvalue weighted by Crippen LogP contribution is -2.38. The largest absolute Gasteiger partial charge is 0.481 e. The van der Waals surface area contributed by atoms with E-state index in [9.17, 15) is 15.0 Å². The van der Waals surface area contributed by atoms with Gasteiger partial charge in [-0.2, -0.15) is 5.06 Å². The van der Waals surface area contributed by atoms with E-state index in [4.69, 9.17) is 9.57 Å². The summed E-state index contributed by atoms with van der Waals surface area (Å²) in [5, 5.41) is 19.9. The van der Waals surface area contributed by atoms with Crippen molar-refractivity contribution in [2.45, 2.75) is 51.2 Å². The van der Waals surface area contributed by atoms with Crippen molar-refractivity contribution in [2.24, 2.45) is 11.8 Å². The molecule has 0 radical (unpaired) electrons. The molecule has 2 rings (SSSR count). The summed E-state index contributed by atoms with van der Waals surface area (Å²) in [5.41, 5.74) is 0. The molecule has 0 aromatic carbocycles. The van der Waals surface area contributed by atoms with E-state index in [1.54, 1.807) is 0 Å². The van der Waals surface area contributed by atoms with Gasteiger partial charge in [-0.05, 0) is 31.6 Å². The van der Waals surface area contributed by atoms with Crippen LogP contribution in [0, 0.1) is 11.8 Å². The molecular weight excluding hydrogens is 262 g/mol. The summed E-state index contributed by atoms with van der Waals surface area (Å²) in [5.74, 6) is -0.606. The molecule has 0 aromatic heterocycles. The van der Waals surface area contributed by atoms with Crippen LogP contribution in [0.2, 0.25) is 0 Å². The van der Waals surface area contributed by atoms with Crippen molar-refractivity contribution >= 4 is 5.97 Å². The second-order valence-corrected chi connectivity index (χ2v) is 5.76. The number of nitrogens with zero attached hydrogens (tertiary/aromatic N) is 1. The van der Waals surface area contributed by atoms with Crippen LogP contribution < -0.4 is 0 Å². The van der Waals surface area contributed by atoms with E-state index < -0.39 is 11.9 Å². The topological polar surface area (TPSA) is 79.2 Å². The number of carbonyl (C=O) groups is 1. The number of aliphatic carboxylic acids is 1. The number of rotatable bonds is 9. The summed E-state index contributed by atoms with van der Waals surface area (Å²) in [7, 11) is 0. The summed E-state index contributed by atoms with van der Waals surface area (Å²) in [6.45, 7) is 0.555. The summed E-state index contributed by atoms with van der Waals surface area (Å²) >= 11 is 0. The van der Waals surface area contributed by atoms with Crippen molar-refractivity contribution in [2.75, 3.05) is 19.9 Å². The highest BCUT2D eigenvalue weighted by Gasteiger charge is 2.28. The zero-order valence-electron chi connectivity index (χ0n) is 11.9. The van der Waals surface area contributed by atoms with Gasteiger partial charge in [-0.3, -0.25) is 9.63 Å². The first-order chi connectivity index (χ1) is 9.69. The fourth-order valence-corrected chi connectivity index (χ4v) is 2.48. The quantitative estimate of drug-likeness (QED) is 0.495. The highest BCUT2D eigenvalue weighted by molar-refractivity contribution is 5.70. The summed E-state index contributed by atoms with van der Waals surface area (Å²) in [4.78, 5) is 16.8. The van der Waals surface area contributed by atoms with Crippen molar-refractivity contribution in [1.82, 2.24) is 5.06 Å². The molecule has 0 spiro atoms. The van der Waals surface area contributed by atoms with E-state index in [1.165, 1.54) is 17.9 Å². The van der Waals surface area contributed by atoms with Crippen LogP contribution in [0.4, 0.5) is 0 Å². The maximum absolute atomic E-state index is 11.3. The van der Waals surface area contributed by atoms with E-state index in [0.29, 0.717) is 18.9 Å². The van der Waals surface area contributed by atoms with Crippen LogP contribution in [-0.2, 0) is 14.4 Å². The molecule has 1 heterocycles. The SMILES string of the molecule is O=C(O)[C@H](CCC1CC1)CN(CO)OC1CCCCO1. The molecule has 1 saturated heterocycles. The molecule has 2 N–H and O–H groups in total. The Labute approximate surface area is 119 Å². The van der Waals surface area contributed by atoms with Gasteiger partial charge in [-0.15, -0.1) is 0 Å². The van der Waals surface area contributed by atoms with E-state index in [-0.39, 0.29) is 19.6 Å². The van der Waals surface area contributed by atoms with Crippen molar-refractivity contribution in [3.05, 3.63) is 0 Å².